The largest absolute Gasteiger partial charge is 0.352 e. The Bertz CT molecular complexity index is 580. The van der Waals surface area contributed by atoms with Crippen molar-refractivity contribution >= 4 is 21.6 Å². The highest BCUT2D eigenvalue weighted by molar-refractivity contribution is 7.92. The first-order valence-corrected chi connectivity index (χ1v) is 9.09. The highest BCUT2D eigenvalue weighted by Gasteiger charge is 2.30. The molecule has 1 unspecified atom stereocenters. The predicted molar refractivity (Wildman–Crippen MR) is 83.6 cm³/mol. The molecule has 0 spiro atoms. The Morgan fingerprint density at radius 3 is 2.33 bits per heavy atom. The van der Waals surface area contributed by atoms with Gasteiger partial charge in [0, 0.05) is 6.04 Å². The zero-order chi connectivity index (χ0) is 15.5. The molecule has 1 atom stereocenters. The molecule has 0 aliphatic heterocycles. The molecule has 0 radical (unpaired) electrons. The molecule has 1 aromatic rings. The maximum absolute atomic E-state index is 12.3. The van der Waals surface area contributed by atoms with Crippen LogP contribution in [-0.2, 0) is 14.8 Å². The number of amides is 1. The van der Waals surface area contributed by atoms with Gasteiger partial charge in [-0.1, -0.05) is 31.0 Å². The van der Waals surface area contributed by atoms with E-state index in [0.29, 0.717) is 5.69 Å². The van der Waals surface area contributed by atoms with E-state index in [1.165, 1.54) is 4.31 Å². The van der Waals surface area contributed by atoms with Gasteiger partial charge in [-0.3, -0.25) is 9.10 Å². The molecule has 0 heterocycles. The van der Waals surface area contributed by atoms with Crippen molar-refractivity contribution < 1.29 is 13.2 Å². The molecule has 0 saturated heterocycles. The first kappa shape index (κ1) is 15.8. The van der Waals surface area contributed by atoms with Gasteiger partial charge in [0.2, 0.25) is 15.9 Å². The van der Waals surface area contributed by atoms with E-state index in [1.807, 2.05) is 6.07 Å². The SMILES string of the molecule is CC(C(=O)NC1CCCC1)N(c1ccccc1)S(C)(=O)=O. The third-order valence-corrected chi connectivity index (χ3v) is 5.04. The van der Waals surface area contributed by atoms with Crippen molar-refractivity contribution in [3.05, 3.63) is 30.3 Å². The van der Waals surface area contributed by atoms with E-state index < -0.39 is 16.1 Å². The molecule has 1 fully saturated rings. The predicted octanol–water partition coefficient (Wildman–Crippen LogP) is 1.90. The van der Waals surface area contributed by atoms with Crippen LogP contribution in [0.25, 0.3) is 0 Å². The molecule has 21 heavy (non-hydrogen) atoms. The van der Waals surface area contributed by atoms with Crippen molar-refractivity contribution in [3.8, 4) is 0 Å². The monoisotopic (exact) mass is 310 g/mol. The molecular weight excluding hydrogens is 288 g/mol. The minimum Gasteiger partial charge on any atom is -0.352 e. The smallest absolute Gasteiger partial charge is 0.243 e. The van der Waals surface area contributed by atoms with E-state index in [2.05, 4.69) is 5.32 Å². The lowest BCUT2D eigenvalue weighted by Gasteiger charge is -2.29. The van der Waals surface area contributed by atoms with Crippen LogP contribution < -0.4 is 9.62 Å². The number of hydrogen-bond acceptors (Lipinski definition) is 3. The van der Waals surface area contributed by atoms with Gasteiger partial charge in [0.1, 0.15) is 6.04 Å². The van der Waals surface area contributed by atoms with Gasteiger partial charge in [-0.15, -0.1) is 0 Å². The number of benzene rings is 1. The minimum absolute atomic E-state index is 0.178. The molecule has 1 amide bonds. The van der Waals surface area contributed by atoms with Crippen LogP contribution in [0.2, 0.25) is 0 Å². The molecule has 116 valence electrons. The number of hydrogen-bond donors (Lipinski definition) is 1. The topological polar surface area (TPSA) is 66.5 Å². The summed E-state index contributed by atoms with van der Waals surface area (Å²) >= 11 is 0. The Hall–Kier alpha value is -1.56. The molecule has 1 saturated carbocycles. The Kier molecular flexibility index (Phi) is 4.88. The molecule has 1 N–H and O–H groups in total. The normalized spacial score (nSPS) is 17.4. The second-order valence-corrected chi connectivity index (χ2v) is 7.42. The number of anilines is 1. The fraction of sp³-hybridized carbons (Fsp3) is 0.533. The van der Waals surface area contributed by atoms with Crippen molar-refractivity contribution in [2.75, 3.05) is 10.6 Å². The van der Waals surface area contributed by atoms with Crippen LogP contribution in [0.3, 0.4) is 0 Å². The van der Waals surface area contributed by atoms with Crippen molar-refractivity contribution in [3.63, 3.8) is 0 Å². The van der Waals surface area contributed by atoms with Crippen molar-refractivity contribution in [2.24, 2.45) is 0 Å². The van der Waals surface area contributed by atoms with Gasteiger partial charge in [-0.25, -0.2) is 8.42 Å². The molecule has 1 aromatic carbocycles. The number of nitrogens with zero attached hydrogens (tertiary/aromatic N) is 1. The van der Waals surface area contributed by atoms with Crippen molar-refractivity contribution in [1.82, 2.24) is 5.32 Å². The maximum atomic E-state index is 12.3. The summed E-state index contributed by atoms with van der Waals surface area (Å²) in [6.45, 7) is 1.62. The van der Waals surface area contributed by atoms with Gasteiger partial charge in [0.05, 0.1) is 11.9 Å². The quantitative estimate of drug-likeness (QED) is 0.903. The highest BCUT2D eigenvalue weighted by atomic mass is 32.2. The van der Waals surface area contributed by atoms with Crippen LogP contribution >= 0.6 is 0 Å². The summed E-state index contributed by atoms with van der Waals surface area (Å²) in [6, 6.07) is 8.14. The number of carbonyl (C=O) groups is 1. The summed E-state index contributed by atoms with van der Waals surface area (Å²) in [7, 11) is -3.52. The fourth-order valence-electron chi connectivity index (χ4n) is 2.78. The van der Waals surface area contributed by atoms with E-state index in [4.69, 9.17) is 0 Å². The van der Waals surface area contributed by atoms with Crippen LogP contribution in [-0.4, -0.2) is 32.7 Å². The second-order valence-electron chi connectivity index (χ2n) is 5.56. The summed E-state index contributed by atoms with van der Waals surface area (Å²) in [5, 5.41) is 2.96. The van der Waals surface area contributed by atoms with E-state index in [1.54, 1.807) is 31.2 Å². The second kappa shape index (κ2) is 6.47. The van der Waals surface area contributed by atoms with Gasteiger partial charge in [-0.2, -0.15) is 0 Å². The fourth-order valence-corrected chi connectivity index (χ4v) is 3.95. The van der Waals surface area contributed by atoms with Gasteiger partial charge < -0.3 is 5.32 Å². The summed E-state index contributed by atoms with van der Waals surface area (Å²) in [4.78, 5) is 12.3. The van der Waals surface area contributed by atoms with E-state index >= 15 is 0 Å². The summed E-state index contributed by atoms with van der Waals surface area (Å²) in [6.07, 6.45) is 5.31. The number of sulfonamides is 1. The molecule has 1 aliphatic carbocycles. The first-order valence-electron chi connectivity index (χ1n) is 7.24. The third-order valence-electron chi connectivity index (χ3n) is 3.80. The number of carbonyl (C=O) groups excluding carboxylic acids is 1. The van der Waals surface area contributed by atoms with Crippen molar-refractivity contribution in [2.45, 2.75) is 44.7 Å². The van der Waals surface area contributed by atoms with Crippen LogP contribution in [0.5, 0.6) is 0 Å². The van der Waals surface area contributed by atoms with Gasteiger partial charge in [0.15, 0.2) is 0 Å². The zero-order valence-electron chi connectivity index (χ0n) is 12.5. The third kappa shape index (κ3) is 3.97. The summed E-state index contributed by atoms with van der Waals surface area (Å²) in [5.41, 5.74) is 0.508. The average molecular weight is 310 g/mol. The number of rotatable bonds is 5. The lowest BCUT2D eigenvalue weighted by atomic mass is 10.2. The van der Waals surface area contributed by atoms with Crippen LogP contribution in [0, 0.1) is 0 Å². The summed E-state index contributed by atoms with van der Waals surface area (Å²) < 4.78 is 25.3. The molecule has 0 bridgehead atoms. The molecule has 6 heteroatoms. The lowest BCUT2D eigenvalue weighted by molar-refractivity contribution is -0.122. The number of para-hydroxylation sites is 1. The highest BCUT2D eigenvalue weighted by Crippen LogP contribution is 2.22. The van der Waals surface area contributed by atoms with Gasteiger partial charge in [-0.05, 0) is 31.9 Å². The molecular formula is C15H22N2O3S. The zero-order valence-corrected chi connectivity index (χ0v) is 13.3. The van der Waals surface area contributed by atoms with Gasteiger partial charge in [0.25, 0.3) is 0 Å². The molecule has 0 aromatic heterocycles. The van der Waals surface area contributed by atoms with Gasteiger partial charge >= 0.3 is 0 Å². The van der Waals surface area contributed by atoms with Crippen LogP contribution in [0.4, 0.5) is 5.69 Å². The minimum atomic E-state index is -3.52. The molecule has 1 aliphatic rings. The Morgan fingerprint density at radius 2 is 1.81 bits per heavy atom. The standard InChI is InChI=1S/C15H22N2O3S/c1-12(15(18)16-13-8-6-7-9-13)17(21(2,19)20)14-10-4-3-5-11-14/h3-5,10-13H,6-9H2,1-2H3,(H,16,18). The maximum Gasteiger partial charge on any atom is 0.243 e. The van der Waals surface area contributed by atoms with Crippen LogP contribution in [0.15, 0.2) is 30.3 Å². The average Bonchev–Trinajstić information content (AvgIpc) is 2.91. The Morgan fingerprint density at radius 1 is 1.24 bits per heavy atom. The van der Waals surface area contributed by atoms with E-state index in [-0.39, 0.29) is 11.9 Å². The van der Waals surface area contributed by atoms with E-state index in [0.717, 1.165) is 31.9 Å². The van der Waals surface area contributed by atoms with Crippen LogP contribution in [0.1, 0.15) is 32.6 Å². The first-order chi connectivity index (χ1) is 9.89. The summed E-state index contributed by atoms with van der Waals surface area (Å²) in [5.74, 6) is -0.240. The lowest BCUT2D eigenvalue weighted by Crippen LogP contribution is -2.49. The van der Waals surface area contributed by atoms with E-state index in [9.17, 15) is 13.2 Å². The molecule has 2 rings (SSSR count). The Labute approximate surface area is 126 Å². The number of nitrogens with one attached hydrogen (secondary N) is 1. The molecule has 5 nitrogen and oxygen atoms in total. The van der Waals surface area contributed by atoms with Crippen molar-refractivity contribution in [1.29, 1.82) is 0 Å². The Balaban J connectivity index is 2.18.